The summed E-state index contributed by atoms with van der Waals surface area (Å²) in [5, 5.41) is -0.709. The van der Waals surface area contributed by atoms with Crippen molar-refractivity contribution >= 4 is 29.2 Å². The van der Waals surface area contributed by atoms with Crippen molar-refractivity contribution in [3.8, 4) is 0 Å². The van der Waals surface area contributed by atoms with E-state index in [1.165, 1.54) is 0 Å². The molecule has 72 valence electrons. The molecule has 4 heteroatoms. The van der Waals surface area contributed by atoms with E-state index < -0.39 is 11.3 Å². The molecule has 0 aliphatic heterocycles. The fourth-order valence-electron chi connectivity index (χ4n) is 0.549. The maximum Gasteiger partial charge on any atom is 0.325 e. The Balaban J connectivity index is 3.44. The van der Waals surface area contributed by atoms with Crippen molar-refractivity contribution in [2.45, 2.75) is 25.6 Å². The fourth-order valence-corrected chi connectivity index (χ4v) is 0.738. The number of hydrogen-bond donors (Lipinski definition) is 0. The van der Waals surface area contributed by atoms with Gasteiger partial charge in [-0.3, -0.25) is 4.79 Å². The van der Waals surface area contributed by atoms with Crippen molar-refractivity contribution in [2.24, 2.45) is 5.92 Å². The van der Waals surface area contributed by atoms with Crippen molar-refractivity contribution in [3.63, 3.8) is 0 Å². The Hall–Kier alpha value is 0.0500. The van der Waals surface area contributed by atoms with E-state index in [-0.39, 0.29) is 5.88 Å². The minimum atomic E-state index is -0.709. The lowest BCUT2D eigenvalue weighted by Crippen LogP contribution is -2.20. The van der Waals surface area contributed by atoms with Gasteiger partial charge in [-0.1, -0.05) is 13.8 Å². The summed E-state index contributed by atoms with van der Waals surface area (Å²) in [6.45, 7) is 4.55. The number of halogens is 2. The molecule has 0 saturated carbocycles. The molecule has 0 spiro atoms. The Morgan fingerprint density at radius 2 is 2.08 bits per heavy atom. The predicted molar refractivity (Wildman–Crippen MR) is 50.8 cm³/mol. The summed E-state index contributed by atoms with van der Waals surface area (Å²) in [5.74, 6) is 0.206. The minimum absolute atomic E-state index is 0.0993. The van der Waals surface area contributed by atoms with Crippen LogP contribution in [0.2, 0.25) is 0 Å². The highest BCUT2D eigenvalue weighted by molar-refractivity contribution is 6.35. The molecule has 0 aliphatic rings. The van der Waals surface area contributed by atoms with E-state index in [1.807, 2.05) is 0 Å². The van der Waals surface area contributed by atoms with Gasteiger partial charge < -0.3 is 4.74 Å². The Bertz CT molecular complexity index is 137. The SMILES string of the molecule is CC(C)CCOC(=O)C(Cl)CCl. The van der Waals surface area contributed by atoms with E-state index in [0.29, 0.717) is 12.5 Å². The first-order valence-corrected chi connectivity index (χ1v) is 4.91. The molecule has 0 aromatic heterocycles. The molecule has 2 nitrogen and oxygen atoms in total. The molecular weight excluding hydrogens is 199 g/mol. The fraction of sp³-hybridized carbons (Fsp3) is 0.875. The topological polar surface area (TPSA) is 26.3 Å². The number of hydrogen-bond acceptors (Lipinski definition) is 2. The Morgan fingerprint density at radius 1 is 1.50 bits per heavy atom. The van der Waals surface area contributed by atoms with Gasteiger partial charge in [-0.25, -0.2) is 0 Å². The van der Waals surface area contributed by atoms with Gasteiger partial charge in [0.05, 0.1) is 6.61 Å². The number of carbonyl (C=O) groups is 1. The van der Waals surface area contributed by atoms with E-state index in [9.17, 15) is 4.79 Å². The monoisotopic (exact) mass is 212 g/mol. The van der Waals surface area contributed by atoms with Gasteiger partial charge >= 0.3 is 5.97 Å². The highest BCUT2D eigenvalue weighted by Gasteiger charge is 2.14. The van der Waals surface area contributed by atoms with Crippen LogP contribution in [0.25, 0.3) is 0 Å². The lowest BCUT2D eigenvalue weighted by Gasteiger charge is -2.08. The third-order valence-corrected chi connectivity index (χ3v) is 2.13. The highest BCUT2D eigenvalue weighted by atomic mass is 35.5. The molecule has 0 amide bonds. The zero-order valence-electron chi connectivity index (χ0n) is 7.35. The first kappa shape index (κ1) is 12.0. The van der Waals surface area contributed by atoms with Crippen LogP contribution in [-0.2, 0) is 9.53 Å². The number of rotatable bonds is 5. The van der Waals surface area contributed by atoms with E-state index in [0.717, 1.165) is 6.42 Å². The van der Waals surface area contributed by atoms with Crippen LogP contribution in [0.15, 0.2) is 0 Å². The predicted octanol–water partition coefficient (Wildman–Crippen LogP) is 2.42. The second-order valence-corrected chi connectivity index (χ2v) is 3.81. The van der Waals surface area contributed by atoms with Gasteiger partial charge in [-0.05, 0) is 12.3 Å². The normalized spacial score (nSPS) is 13.1. The molecule has 0 heterocycles. The summed E-state index contributed by atoms with van der Waals surface area (Å²) < 4.78 is 4.85. The second-order valence-electron chi connectivity index (χ2n) is 2.97. The molecule has 1 unspecified atom stereocenters. The molecule has 0 N–H and O–H groups in total. The Morgan fingerprint density at radius 3 is 2.50 bits per heavy atom. The summed E-state index contributed by atoms with van der Waals surface area (Å²) in [6.07, 6.45) is 0.859. The van der Waals surface area contributed by atoms with Gasteiger partial charge in [0.15, 0.2) is 0 Å². The van der Waals surface area contributed by atoms with Crippen molar-refractivity contribution in [2.75, 3.05) is 12.5 Å². The lowest BCUT2D eigenvalue weighted by atomic mass is 10.1. The van der Waals surface area contributed by atoms with E-state index in [2.05, 4.69) is 13.8 Å². The zero-order valence-corrected chi connectivity index (χ0v) is 8.86. The van der Waals surface area contributed by atoms with Crippen LogP contribution in [-0.4, -0.2) is 23.8 Å². The molecule has 0 fully saturated rings. The van der Waals surface area contributed by atoms with Crippen LogP contribution in [0.5, 0.6) is 0 Å². The summed E-state index contributed by atoms with van der Waals surface area (Å²) in [4.78, 5) is 10.9. The average Bonchev–Trinajstić information content (AvgIpc) is 2.02. The number of esters is 1. The molecule has 0 rings (SSSR count). The molecule has 0 radical (unpaired) electrons. The van der Waals surface area contributed by atoms with Crippen LogP contribution in [0, 0.1) is 5.92 Å². The van der Waals surface area contributed by atoms with E-state index >= 15 is 0 Å². The highest BCUT2D eigenvalue weighted by Crippen LogP contribution is 2.04. The van der Waals surface area contributed by atoms with E-state index in [4.69, 9.17) is 27.9 Å². The first-order chi connectivity index (χ1) is 5.57. The summed E-state index contributed by atoms with van der Waals surface area (Å²) in [5.41, 5.74) is 0. The van der Waals surface area contributed by atoms with Gasteiger partial charge in [0.25, 0.3) is 0 Å². The van der Waals surface area contributed by atoms with Gasteiger partial charge in [-0.15, -0.1) is 23.2 Å². The summed E-state index contributed by atoms with van der Waals surface area (Å²) >= 11 is 10.9. The number of ether oxygens (including phenoxy) is 1. The average molecular weight is 213 g/mol. The van der Waals surface area contributed by atoms with Crippen LogP contribution in [0.1, 0.15) is 20.3 Å². The second kappa shape index (κ2) is 6.55. The Labute approximate surface area is 83.2 Å². The summed E-state index contributed by atoms with van der Waals surface area (Å²) in [7, 11) is 0. The molecule has 1 atom stereocenters. The third-order valence-electron chi connectivity index (χ3n) is 1.33. The third kappa shape index (κ3) is 5.67. The van der Waals surface area contributed by atoms with Gasteiger partial charge in [0.2, 0.25) is 0 Å². The van der Waals surface area contributed by atoms with Crippen molar-refractivity contribution < 1.29 is 9.53 Å². The quantitative estimate of drug-likeness (QED) is 0.517. The van der Waals surface area contributed by atoms with Crippen LogP contribution in [0.4, 0.5) is 0 Å². The molecule has 0 aromatic carbocycles. The van der Waals surface area contributed by atoms with Gasteiger partial charge in [-0.2, -0.15) is 0 Å². The number of carbonyl (C=O) groups excluding carboxylic acids is 1. The minimum Gasteiger partial charge on any atom is -0.465 e. The Kier molecular flexibility index (Phi) is 6.58. The standard InChI is InChI=1S/C8H14Cl2O2/c1-6(2)3-4-12-8(11)7(10)5-9/h6-7H,3-5H2,1-2H3. The maximum absolute atomic E-state index is 10.9. The smallest absolute Gasteiger partial charge is 0.325 e. The van der Waals surface area contributed by atoms with Crippen LogP contribution in [0.3, 0.4) is 0 Å². The lowest BCUT2D eigenvalue weighted by molar-refractivity contribution is -0.143. The summed E-state index contributed by atoms with van der Waals surface area (Å²) in [6, 6.07) is 0. The molecular formula is C8H14Cl2O2. The first-order valence-electron chi connectivity index (χ1n) is 3.94. The van der Waals surface area contributed by atoms with Crippen molar-refractivity contribution in [3.05, 3.63) is 0 Å². The van der Waals surface area contributed by atoms with Crippen molar-refractivity contribution in [1.29, 1.82) is 0 Å². The van der Waals surface area contributed by atoms with Crippen LogP contribution < -0.4 is 0 Å². The molecule has 0 aliphatic carbocycles. The molecule has 0 aromatic rings. The van der Waals surface area contributed by atoms with Crippen molar-refractivity contribution in [1.82, 2.24) is 0 Å². The van der Waals surface area contributed by atoms with Gasteiger partial charge in [0.1, 0.15) is 5.38 Å². The van der Waals surface area contributed by atoms with Gasteiger partial charge in [0, 0.05) is 5.88 Å². The van der Waals surface area contributed by atoms with E-state index in [1.54, 1.807) is 0 Å². The molecule has 0 saturated heterocycles. The molecule has 12 heavy (non-hydrogen) atoms. The zero-order chi connectivity index (χ0) is 9.56. The van der Waals surface area contributed by atoms with Crippen LogP contribution >= 0.6 is 23.2 Å². The molecule has 0 bridgehead atoms. The largest absolute Gasteiger partial charge is 0.465 e. The number of alkyl halides is 2. The maximum atomic E-state index is 10.9.